The lowest BCUT2D eigenvalue weighted by molar-refractivity contribution is -0.181. The third-order valence-electron chi connectivity index (χ3n) is 8.16. The van der Waals surface area contributed by atoms with E-state index in [0.29, 0.717) is 5.56 Å². The van der Waals surface area contributed by atoms with Crippen molar-refractivity contribution in [1.29, 1.82) is 0 Å². The quantitative estimate of drug-likeness (QED) is 0.0464. The van der Waals surface area contributed by atoms with Crippen LogP contribution in [0.2, 0.25) is 0 Å². The molecular formula is C25H26BrIN6O9S2. The topological polar surface area (TPSA) is 205 Å². The van der Waals surface area contributed by atoms with Crippen molar-refractivity contribution in [3.8, 4) is 0 Å². The Morgan fingerprint density at radius 3 is 2.30 bits per heavy atom. The van der Waals surface area contributed by atoms with Crippen LogP contribution in [0.3, 0.4) is 0 Å². The van der Waals surface area contributed by atoms with Crippen LogP contribution in [-0.2, 0) is 43.3 Å². The highest BCUT2D eigenvalue weighted by Gasteiger charge is 2.79. The molecule has 236 valence electrons. The number of sulfone groups is 1. The maximum atomic E-state index is 13.7. The Labute approximate surface area is 277 Å². The molecular weight excluding hydrogens is 799 g/mol. The highest BCUT2D eigenvalue weighted by Crippen LogP contribution is 2.54. The molecule has 0 aromatic heterocycles. The SMILES string of the molecule is CC1(C)S[C@@H]2[C@H](I)C(=O)N2[C@H]1C(=O)OCOC(=O)[C@@H]1N2C(=O)C(Br)(NC(=O)C(N=[N+]=[N-])c3ccccc3)[C@H]2S(=O)(=O)C1(C)C. The van der Waals surface area contributed by atoms with Gasteiger partial charge < -0.3 is 24.6 Å². The zero-order valence-electron chi connectivity index (χ0n) is 23.5. The highest BCUT2D eigenvalue weighted by molar-refractivity contribution is 14.1. The van der Waals surface area contributed by atoms with Crippen molar-refractivity contribution < 1.29 is 41.9 Å². The van der Waals surface area contributed by atoms with Crippen LogP contribution in [0, 0.1) is 0 Å². The van der Waals surface area contributed by atoms with Gasteiger partial charge in [0.2, 0.25) is 23.1 Å². The van der Waals surface area contributed by atoms with Gasteiger partial charge in [-0.15, -0.1) is 11.8 Å². The van der Waals surface area contributed by atoms with Crippen LogP contribution in [0.15, 0.2) is 35.4 Å². The summed E-state index contributed by atoms with van der Waals surface area (Å²) in [5.74, 6) is -4.04. The zero-order chi connectivity index (χ0) is 32.6. The van der Waals surface area contributed by atoms with Crippen molar-refractivity contribution in [3.05, 3.63) is 46.3 Å². The third-order valence-corrected chi connectivity index (χ3v) is 15.6. The lowest BCUT2D eigenvalue weighted by Crippen LogP contribution is -2.78. The molecule has 4 heterocycles. The van der Waals surface area contributed by atoms with Crippen LogP contribution in [0.25, 0.3) is 10.4 Å². The molecule has 15 nitrogen and oxygen atoms in total. The van der Waals surface area contributed by atoms with Crippen molar-refractivity contribution in [2.24, 2.45) is 5.11 Å². The summed E-state index contributed by atoms with van der Waals surface area (Å²) in [6, 6.07) is 3.96. The van der Waals surface area contributed by atoms with Crippen LogP contribution in [-0.4, -0.2) is 95.4 Å². The fourth-order valence-electron chi connectivity index (χ4n) is 5.89. The van der Waals surface area contributed by atoms with Crippen molar-refractivity contribution in [2.45, 2.75) is 74.4 Å². The lowest BCUT2D eigenvalue weighted by atomic mass is 9.95. The molecule has 0 spiro atoms. The summed E-state index contributed by atoms with van der Waals surface area (Å²) in [6.07, 6.45) is 0. The summed E-state index contributed by atoms with van der Waals surface area (Å²) in [5, 5.41) is 3.95. The minimum Gasteiger partial charge on any atom is -0.426 e. The molecule has 4 saturated heterocycles. The van der Waals surface area contributed by atoms with Gasteiger partial charge in [0.25, 0.3) is 5.91 Å². The Kier molecular flexibility index (Phi) is 8.21. The minimum absolute atomic E-state index is 0.184. The van der Waals surface area contributed by atoms with E-state index in [9.17, 15) is 32.4 Å². The second kappa shape index (κ2) is 11.0. The molecule has 4 aliphatic heterocycles. The van der Waals surface area contributed by atoms with E-state index in [1.807, 2.05) is 22.6 Å². The number of alkyl halides is 2. The first-order valence-corrected chi connectivity index (χ1v) is 17.5. The summed E-state index contributed by atoms with van der Waals surface area (Å²) in [6.45, 7) is 5.19. The second-order valence-electron chi connectivity index (χ2n) is 11.5. The maximum absolute atomic E-state index is 13.7. The maximum Gasteiger partial charge on any atom is 0.333 e. The van der Waals surface area contributed by atoms with Gasteiger partial charge in [0.15, 0.2) is 21.3 Å². The van der Waals surface area contributed by atoms with E-state index < -0.39 is 77.8 Å². The van der Waals surface area contributed by atoms with Crippen molar-refractivity contribution in [1.82, 2.24) is 15.1 Å². The second-order valence-corrected chi connectivity index (χ2v) is 18.5. The molecule has 7 atom stereocenters. The number of fused-ring (bicyclic) bond motifs is 2. The number of azide groups is 1. The number of nitrogens with zero attached hydrogens (tertiary/aromatic N) is 5. The normalized spacial score (nSPS) is 32.6. The third kappa shape index (κ3) is 4.68. The number of carbonyl (C=O) groups is 5. The van der Waals surface area contributed by atoms with E-state index >= 15 is 0 Å². The standard InChI is InChI=1S/C25H26BrIN6O9S2/c1-23(2)14(32-17(35)12(27)18(32)43-23)19(36)41-10-42-20(37)15-24(3,4)44(39,40)22-25(26,21(38)33(15)22)29-16(34)13(30-31-28)11-8-6-5-7-9-11/h5-9,12-15,18,22H,10H2,1-4H3,(H,29,34)/t12-,13?,14+,15+,18-,22-,25?/m1/s1. The van der Waals surface area contributed by atoms with Crippen molar-refractivity contribution >= 4 is 89.8 Å². The number of halogens is 2. The summed E-state index contributed by atoms with van der Waals surface area (Å²) in [7, 11) is -4.35. The number of esters is 2. The molecule has 4 aliphatic rings. The Morgan fingerprint density at radius 1 is 1.11 bits per heavy atom. The molecule has 19 heteroatoms. The Bertz CT molecular complexity index is 1620. The van der Waals surface area contributed by atoms with E-state index in [2.05, 4.69) is 31.3 Å². The van der Waals surface area contributed by atoms with Crippen LogP contribution in [0.1, 0.15) is 39.3 Å². The van der Waals surface area contributed by atoms with Gasteiger partial charge in [-0.05, 0) is 54.7 Å². The first-order valence-electron chi connectivity index (χ1n) is 13.1. The molecule has 2 unspecified atom stereocenters. The number of ether oxygens (including phenoxy) is 2. The first kappa shape index (κ1) is 32.8. The van der Waals surface area contributed by atoms with Gasteiger partial charge in [-0.3, -0.25) is 14.4 Å². The van der Waals surface area contributed by atoms with Gasteiger partial charge in [-0.2, -0.15) is 0 Å². The Hall–Kier alpha value is -2.61. The highest BCUT2D eigenvalue weighted by atomic mass is 127. The Balaban J connectivity index is 1.29. The van der Waals surface area contributed by atoms with E-state index in [1.165, 1.54) is 42.6 Å². The number of nitrogens with one attached hydrogen (secondary N) is 1. The molecule has 44 heavy (non-hydrogen) atoms. The summed E-state index contributed by atoms with van der Waals surface area (Å²) >= 11 is 6.57. The molecule has 3 amide bonds. The average molecular weight is 825 g/mol. The number of β-lactam (4-membered cyclic amide) rings is 2. The van der Waals surface area contributed by atoms with Crippen LogP contribution in [0.4, 0.5) is 0 Å². The van der Waals surface area contributed by atoms with Crippen LogP contribution >= 0.6 is 50.3 Å². The molecule has 0 bridgehead atoms. The fourth-order valence-corrected chi connectivity index (χ4v) is 12.1. The van der Waals surface area contributed by atoms with Gasteiger partial charge in [-0.1, -0.05) is 58.0 Å². The van der Waals surface area contributed by atoms with Gasteiger partial charge in [-0.25, -0.2) is 18.0 Å². The van der Waals surface area contributed by atoms with Gasteiger partial charge >= 0.3 is 11.9 Å². The predicted octanol–water partition coefficient (Wildman–Crippen LogP) is 1.90. The number of hydrogen-bond donors (Lipinski definition) is 1. The number of rotatable bonds is 8. The number of amides is 3. The molecule has 0 radical (unpaired) electrons. The van der Waals surface area contributed by atoms with Gasteiger partial charge in [0.05, 0.1) is 0 Å². The molecule has 5 rings (SSSR count). The molecule has 4 fully saturated rings. The molecule has 0 aliphatic carbocycles. The predicted molar refractivity (Wildman–Crippen MR) is 167 cm³/mol. The molecule has 1 aromatic rings. The van der Waals surface area contributed by atoms with Gasteiger partial charge in [0, 0.05) is 9.66 Å². The van der Waals surface area contributed by atoms with Gasteiger partial charge in [0.1, 0.15) is 26.1 Å². The fraction of sp³-hybridized carbons (Fsp3) is 0.560. The minimum atomic E-state index is -4.35. The molecule has 1 aromatic carbocycles. The van der Waals surface area contributed by atoms with Crippen molar-refractivity contribution in [3.63, 3.8) is 0 Å². The van der Waals surface area contributed by atoms with E-state index in [1.54, 1.807) is 32.0 Å². The lowest BCUT2D eigenvalue weighted by Gasteiger charge is -2.49. The summed E-state index contributed by atoms with van der Waals surface area (Å²) < 4.78 is 32.7. The number of hydrogen-bond acceptors (Lipinski definition) is 11. The van der Waals surface area contributed by atoms with E-state index in [4.69, 9.17) is 15.0 Å². The number of benzene rings is 1. The molecule has 0 saturated carbocycles. The monoisotopic (exact) mass is 824 g/mol. The van der Waals surface area contributed by atoms with Crippen molar-refractivity contribution in [2.75, 3.05) is 6.79 Å². The number of carbonyl (C=O) groups excluding carboxylic acids is 5. The van der Waals surface area contributed by atoms with E-state index in [0.717, 1.165) is 4.90 Å². The molecule has 1 N–H and O–H groups in total. The van der Waals surface area contributed by atoms with Crippen LogP contribution < -0.4 is 5.32 Å². The Morgan fingerprint density at radius 2 is 1.70 bits per heavy atom. The zero-order valence-corrected chi connectivity index (χ0v) is 28.9. The summed E-state index contributed by atoms with van der Waals surface area (Å²) in [4.78, 5) is 70.1. The number of thioether (sulfide) groups is 1. The van der Waals surface area contributed by atoms with Crippen LogP contribution in [0.5, 0.6) is 0 Å². The average Bonchev–Trinajstić information content (AvgIpc) is 3.31. The largest absolute Gasteiger partial charge is 0.426 e. The first-order chi connectivity index (χ1) is 20.4. The van der Waals surface area contributed by atoms with E-state index in [-0.39, 0.29) is 15.2 Å². The summed E-state index contributed by atoms with van der Waals surface area (Å²) in [5.41, 5.74) is 9.30. The smallest absolute Gasteiger partial charge is 0.333 e.